The van der Waals surface area contributed by atoms with Crippen LogP contribution in [0.4, 0.5) is 0 Å². The molecule has 0 aliphatic heterocycles. The first-order chi connectivity index (χ1) is 6.31. The maximum Gasteiger partial charge on any atom is 0.100 e. The zero-order valence-electron chi connectivity index (χ0n) is 7.94. The molecule has 0 fully saturated rings. The number of hydrogen-bond donors (Lipinski definition) is 2. The van der Waals surface area contributed by atoms with Crippen LogP contribution in [0.2, 0.25) is 0 Å². The van der Waals surface area contributed by atoms with E-state index >= 15 is 0 Å². The molecule has 13 heavy (non-hydrogen) atoms. The minimum Gasteiger partial charge on any atom is -0.394 e. The van der Waals surface area contributed by atoms with Gasteiger partial charge in [0, 0.05) is 7.11 Å². The van der Waals surface area contributed by atoms with Crippen molar-refractivity contribution in [3.63, 3.8) is 0 Å². The maximum atomic E-state index is 8.86. The number of rotatable bonds is 9. The number of aliphatic hydroxyl groups excluding tert-OH is 2. The van der Waals surface area contributed by atoms with Crippen LogP contribution in [0.15, 0.2) is 0 Å². The van der Waals surface area contributed by atoms with Gasteiger partial charge >= 0.3 is 0 Å². The molecule has 0 saturated carbocycles. The monoisotopic (exact) mass is 194 g/mol. The summed E-state index contributed by atoms with van der Waals surface area (Å²) in [5, 5.41) is 17.3. The Morgan fingerprint density at radius 1 is 1.08 bits per heavy atom. The Bertz CT molecular complexity index is 98.5. The van der Waals surface area contributed by atoms with Gasteiger partial charge in [0.25, 0.3) is 0 Å². The molecule has 0 saturated heterocycles. The third-order valence-corrected chi connectivity index (χ3v) is 1.32. The molecule has 1 atom stereocenters. The second-order valence-electron chi connectivity index (χ2n) is 2.52. The van der Waals surface area contributed by atoms with Gasteiger partial charge < -0.3 is 24.4 Å². The topological polar surface area (TPSA) is 68.2 Å². The smallest absolute Gasteiger partial charge is 0.100 e. The van der Waals surface area contributed by atoms with Crippen molar-refractivity contribution in [2.45, 2.75) is 6.10 Å². The highest BCUT2D eigenvalue weighted by Gasteiger charge is 2.00. The van der Waals surface area contributed by atoms with Crippen molar-refractivity contribution in [1.82, 2.24) is 0 Å². The number of hydrogen-bond acceptors (Lipinski definition) is 5. The largest absolute Gasteiger partial charge is 0.394 e. The predicted octanol–water partition coefficient (Wildman–Crippen LogP) is -0.981. The van der Waals surface area contributed by atoms with Crippen molar-refractivity contribution in [1.29, 1.82) is 0 Å². The Morgan fingerprint density at radius 2 is 1.69 bits per heavy atom. The van der Waals surface area contributed by atoms with E-state index in [-0.39, 0.29) is 13.2 Å². The Kier molecular flexibility index (Phi) is 9.73. The molecule has 0 aliphatic carbocycles. The molecule has 0 spiro atoms. The van der Waals surface area contributed by atoms with E-state index in [9.17, 15) is 0 Å². The lowest BCUT2D eigenvalue weighted by Gasteiger charge is -2.08. The minimum absolute atomic E-state index is 0.143. The van der Waals surface area contributed by atoms with Crippen LogP contribution in [-0.2, 0) is 14.2 Å². The quantitative estimate of drug-likeness (QED) is 0.462. The normalized spacial score (nSPS) is 13.2. The molecular formula is C8H18O5. The Labute approximate surface area is 78.2 Å². The zero-order chi connectivity index (χ0) is 9.94. The standard InChI is InChI=1S/C8H18O5/c1-11-2-3-12-4-5-13-7-8(10)6-9/h8-10H,2-7H2,1H3/t8-/m0/s1. The highest BCUT2D eigenvalue weighted by Crippen LogP contribution is 1.84. The minimum atomic E-state index is -0.793. The highest BCUT2D eigenvalue weighted by molar-refractivity contribution is 4.48. The van der Waals surface area contributed by atoms with E-state index in [1.54, 1.807) is 7.11 Å². The summed E-state index contributed by atoms with van der Waals surface area (Å²) in [6, 6.07) is 0. The summed E-state index contributed by atoms with van der Waals surface area (Å²) >= 11 is 0. The summed E-state index contributed by atoms with van der Waals surface area (Å²) in [6.45, 7) is 1.87. The second-order valence-corrected chi connectivity index (χ2v) is 2.52. The molecule has 5 nitrogen and oxygen atoms in total. The third-order valence-electron chi connectivity index (χ3n) is 1.32. The Hall–Kier alpha value is -0.200. The Morgan fingerprint density at radius 3 is 2.31 bits per heavy atom. The zero-order valence-corrected chi connectivity index (χ0v) is 7.94. The lowest BCUT2D eigenvalue weighted by molar-refractivity contribution is -0.0202. The van der Waals surface area contributed by atoms with Crippen molar-refractivity contribution in [3.8, 4) is 0 Å². The lowest BCUT2D eigenvalue weighted by atomic mass is 10.4. The molecule has 0 rings (SSSR count). The fraction of sp³-hybridized carbons (Fsp3) is 1.00. The van der Waals surface area contributed by atoms with Gasteiger partial charge in [0.15, 0.2) is 0 Å². The number of ether oxygens (including phenoxy) is 3. The van der Waals surface area contributed by atoms with Gasteiger partial charge in [0.2, 0.25) is 0 Å². The van der Waals surface area contributed by atoms with Gasteiger partial charge in [-0.3, -0.25) is 0 Å². The third kappa shape index (κ3) is 9.72. The molecule has 0 amide bonds. The van der Waals surface area contributed by atoms with E-state index in [1.807, 2.05) is 0 Å². The van der Waals surface area contributed by atoms with Crippen molar-refractivity contribution in [2.24, 2.45) is 0 Å². The summed E-state index contributed by atoms with van der Waals surface area (Å²) in [5.41, 5.74) is 0. The van der Waals surface area contributed by atoms with Gasteiger partial charge in [-0.15, -0.1) is 0 Å². The summed E-state index contributed by atoms with van der Waals surface area (Å²) in [5.74, 6) is 0. The summed E-state index contributed by atoms with van der Waals surface area (Å²) in [6.07, 6.45) is -0.793. The molecule has 0 unspecified atom stereocenters. The van der Waals surface area contributed by atoms with E-state index in [4.69, 9.17) is 24.4 Å². The lowest BCUT2D eigenvalue weighted by Crippen LogP contribution is -2.21. The van der Waals surface area contributed by atoms with Gasteiger partial charge in [0.05, 0.1) is 39.6 Å². The molecular weight excluding hydrogens is 176 g/mol. The molecule has 80 valence electrons. The summed E-state index contributed by atoms with van der Waals surface area (Å²) in [7, 11) is 1.61. The van der Waals surface area contributed by atoms with E-state index < -0.39 is 6.10 Å². The SMILES string of the molecule is COCCOCCOC[C@@H](O)CO. The number of methoxy groups -OCH3 is 1. The fourth-order valence-corrected chi connectivity index (χ4v) is 0.634. The first-order valence-electron chi connectivity index (χ1n) is 4.24. The van der Waals surface area contributed by atoms with Crippen molar-refractivity contribution < 1.29 is 24.4 Å². The fourth-order valence-electron chi connectivity index (χ4n) is 0.634. The van der Waals surface area contributed by atoms with E-state index in [1.165, 1.54) is 0 Å². The molecule has 0 heterocycles. The van der Waals surface area contributed by atoms with Gasteiger partial charge in [-0.05, 0) is 0 Å². The molecule has 2 N–H and O–H groups in total. The van der Waals surface area contributed by atoms with Crippen molar-refractivity contribution >= 4 is 0 Å². The van der Waals surface area contributed by atoms with Gasteiger partial charge in [-0.1, -0.05) is 0 Å². The van der Waals surface area contributed by atoms with E-state index in [0.29, 0.717) is 26.4 Å². The Balaban J connectivity index is 2.91. The van der Waals surface area contributed by atoms with Crippen LogP contribution in [0.25, 0.3) is 0 Å². The molecule has 0 radical (unpaired) electrons. The summed E-state index contributed by atoms with van der Waals surface area (Å²) < 4.78 is 14.9. The van der Waals surface area contributed by atoms with E-state index in [2.05, 4.69) is 0 Å². The van der Waals surface area contributed by atoms with Gasteiger partial charge in [-0.2, -0.15) is 0 Å². The molecule has 0 aromatic heterocycles. The van der Waals surface area contributed by atoms with E-state index in [0.717, 1.165) is 0 Å². The molecule has 0 aromatic carbocycles. The molecule has 0 aliphatic rings. The van der Waals surface area contributed by atoms with Crippen LogP contribution in [-0.4, -0.2) is 63.1 Å². The van der Waals surface area contributed by atoms with Crippen LogP contribution in [0.3, 0.4) is 0 Å². The first-order valence-corrected chi connectivity index (χ1v) is 4.24. The molecule has 0 bridgehead atoms. The van der Waals surface area contributed by atoms with Crippen LogP contribution in [0.1, 0.15) is 0 Å². The molecule has 0 aromatic rings. The van der Waals surface area contributed by atoms with Crippen LogP contribution in [0.5, 0.6) is 0 Å². The van der Waals surface area contributed by atoms with Crippen molar-refractivity contribution in [3.05, 3.63) is 0 Å². The first kappa shape index (κ1) is 12.8. The predicted molar refractivity (Wildman–Crippen MR) is 46.6 cm³/mol. The van der Waals surface area contributed by atoms with Crippen LogP contribution in [0, 0.1) is 0 Å². The number of aliphatic hydroxyl groups is 2. The average Bonchev–Trinajstić information content (AvgIpc) is 2.16. The van der Waals surface area contributed by atoms with Gasteiger partial charge in [-0.25, -0.2) is 0 Å². The average molecular weight is 194 g/mol. The van der Waals surface area contributed by atoms with Crippen LogP contribution >= 0.6 is 0 Å². The van der Waals surface area contributed by atoms with Crippen LogP contribution < -0.4 is 0 Å². The van der Waals surface area contributed by atoms with Crippen molar-refractivity contribution in [2.75, 3.05) is 46.8 Å². The maximum absolute atomic E-state index is 8.86. The summed E-state index contributed by atoms with van der Waals surface area (Å²) in [4.78, 5) is 0. The highest BCUT2D eigenvalue weighted by atomic mass is 16.5. The molecule has 5 heteroatoms. The van der Waals surface area contributed by atoms with Gasteiger partial charge in [0.1, 0.15) is 6.10 Å². The second kappa shape index (κ2) is 9.88.